The van der Waals surface area contributed by atoms with Crippen LogP contribution in [0.2, 0.25) is 0 Å². The van der Waals surface area contributed by atoms with Crippen molar-refractivity contribution in [2.45, 2.75) is 26.7 Å². The average Bonchev–Trinajstić information content (AvgIpc) is 2.45. The van der Waals surface area contributed by atoms with E-state index in [2.05, 4.69) is 16.7 Å². The molecule has 0 aromatic heterocycles. The van der Waals surface area contributed by atoms with Gasteiger partial charge in [-0.1, -0.05) is 32.0 Å². The van der Waals surface area contributed by atoms with Crippen LogP contribution in [0.25, 0.3) is 0 Å². The van der Waals surface area contributed by atoms with Crippen LogP contribution in [0, 0.1) is 5.92 Å². The molecule has 1 heterocycles. The lowest BCUT2D eigenvalue weighted by molar-refractivity contribution is -0.118. The fourth-order valence-electron chi connectivity index (χ4n) is 2.46. The summed E-state index contributed by atoms with van der Waals surface area (Å²) < 4.78 is 0. The Morgan fingerprint density at radius 2 is 2.05 bits per heavy atom. The SMILES string of the molecule is CC(C)CNC(=O)NC(=O)CN1CCCc2ccccc21. The van der Waals surface area contributed by atoms with Gasteiger partial charge in [0.05, 0.1) is 6.54 Å². The maximum absolute atomic E-state index is 12.0. The van der Waals surface area contributed by atoms with Crippen molar-refractivity contribution in [1.29, 1.82) is 0 Å². The highest BCUT2D eigenvalue weighted by Gasteiger charge is 2.19. The predicted octanol–water partition coefficient (Wildman–Crippen LogP) is 1.92. The Morgan fingerprint density at radius 1 is 1.29 bits per heavy atom. The van der Waals surface area contributed by atoms with Crippen LogP contribution in [0.1, 0.15) is 25.8 Å². The first-order valence-corrected chi connectivity index (χ1v) is 7.47. The number of carbonyl (C=O) groups excluding carboxylic acids is 2. The minimum atomic E-state index is -0.418. The van der Waals surface area contributed by atoms with Crippen molar-refractivity contribution in [3.8, 4) is 0 Å². The average molecular weight is 289 g/mol. The highest BCUT2D eigenvalue weighted by molar-refractivity contribution is 5.96. The molecule has 5 heteroatoms. The van der Waals surface area contributed by atoms with Crippen LogP contribution in [0.15, 0.2) is 24.3 Å². The van der Waals surface area contributed by atoms with Gasteiger partial charge >= 0.3 is 6.03 Å². The first kappa shape index (κ1) is 15.4. The summed E-state index contributed by atoms with van der Waals surface area (Å²) in [7, 11) is 0. The fourth-order valence-corrected chi connectivity index (χ4v) is 2.46. The molecule has 114 valence electrons. The molecule has 0 aliphatic carbocycles. The second kappa shape index (κ2) is 7.11. The van der Waals surface area contributed by atoms with Crippen LogP contribution in [0.5, 0.6) is 0 Å². The topological polar surface area (TPSA) is 61.4 Å². The summed E-state index contributed by atoms with van der Waals surface area (Å²) >= 11 is 0. The first-order valence-electron chi connectivity index (χ1n) is 7.47. The zero-order valence-electron chi connectivity index (χ0n) is 12.7. The van der Waals surface area contributed by atoms with E-state index in [0.29, 0.717) is 12.5 Å². The summed E-state index contributed by atoms with van der Waals surface area (Å²) in [5.41, 5.74) is 2.36. The molecule has 0 spiro atoms. The summed E-state index contributed by atoms with van der Waals surface area (Å²) in [6, 6.07) is 7.70. The minimum absolute atomic E-state index is 0.214. The lowest BCUT2D eigenvalue weighted by Crippen LogP contribution is -2.46. The van der Waals surface area contributed by atoms with E-state index >= 15 is 0 Å². The molecule has 2 N–H and O–H groups in total. The molecule has 1 aromatic rings. The minimum Gasteiger partial charge on any atom is -0.362 e. The molecule has 0 saturated carbocycles. The van der Waals surface area contributed by atoms with Gasteiger partial charge < -0.3 is 10.2 Å². The van der Waals surface area contributed by atoms with Gasteiger partial charge in [-0.05, 0) is 30.4 Å². The van der Waals surface area contributed by atoms with Gasteiger partial charge in [-0.3, -0.25) is 10.1 Å². The zero-order chi connectivity index (χ0) is 15.2. The molecule has 0 fully saturated rings. The van der Waals surface area contributed by atoms with Gasteiger partial charge in [0, 0.05) is 18.8 Å². The molecule has 0 saturated heterocycles. The number of imide groups is 1. The molecule has 3 amide bonds. The summed E-state index contributed by atoms with van der Waals surface area (Å²) in [5, 5.41) is 5.06. The largest absolute Gasteiger partial charge is 0.362 e. The van der Waals surface area contributed by atoms with Crippen molar-refractivity contribution in [3.05, 3.63) is 29.8 Å². The molecule has 0 radical (unpaired) electrons. The van der Waals surface area contributed by atoms with E-state index in [1.807, 2.05) is 36.9 Å². The van der Waals surface area contributed by atoms with Gasteiger partial charge in [0.25, 0.3) is 0 Å². The third-order valence-corrected chi connectivity index (χ3v) is 3.46. The Kier molecular flexibility index (Phi) is 5.20. The molecule has 1 aliphatic rings. The lowest BCUT2D eigenvalue weighted by atomic mass is 10.0. The van der Waals surface area contributed by atoms with Gasteiger partial charge in [-0.15, -0.1) is 0 Å². The molecule has 1 aliphatic heterocycles. The van der Waals surface area contributed by atoms with Crippen LogP contribution in [0.3, 0.4) is 0 Å². The number of hydrogen-bond acceptors (Lipinski definition) is 3. The Morgan fingerprint density at radius 3 is 2.81 bits per heavy atom. The predicted molar refractivity (Wildman–Crippen MR) is 83.4 cm³/mol. The Bertz CT molecular complexity index is 514. The molecule has 2 rings (SSSR count). The molecular formula is C16H23N3O2. The quantitative estimate of drug-likeness (QED) is 0.890. The first-order chi connectivity index (χ1) is 10.1. The number of nitrogens with zero attached hydrogens (tertiary/aromatic N) is 1. The third-order valence-electron chi connectivity index (χ3n) is 3.46. The maximum atomic E-state index is 12.0. The van der Waals surface area contributed by atoms with Crippen molar-refractivity contribution in [2.75, 3.05) is 24.5 Å². The second-order valence-corrected chi connectivity index (χ2v) is 5.81. The van der Waals surface area contributed by atoms with E-state index < -0.39 is 6.03 Å². The number of anilines is 1. The molecule has 0 atom stereocenters. The van der Waals surface area contributed by atoms with E-state index in [4.69, 9.17) is 0 Å². The van der Waals surface area contributed by atoms with Gasteiger partial charge in [-0.2, -0.15) is 0 Å². The lowest BCUT2D eigenvalue weighted by Gasteiger charge is -2.30. The smallest absolute Gasteiger partial charge is 0.321 e. The normalized spacial score (nSPS) is 13.8. The van der Waals surface area contributed by atoms with Crippen molar-refractivity contribution < 1.29 is 9.59 Å². The maximum Gasteiger partial charge on any atom is 0.321 e. The fraction of sp³-hybridized carbons (Fsp3) is 0.500. The molecule has 0 unspecified atom stereocenters. The van der Waals surface area contributed by atoms with E-state index in [1.165, 1.54) is 5.56 Å². The van der Waals surface area contributed by atoms with E-state index in [-0.39, 0.29) is 12.5 Å². The number of amides is 3. The Balaban J connectivity index is 1.88. The second-order valence-electron chi connectivity index (χ2n) is 5.81. The number of para-hydroxylation sites is 1. The highest BCUT2D eigenvalue weighted by Crippen LogP contribution is 2.26. The van der Waals surface area contributed by atoms with E-state index in [1.54, 1.807) is 0 Å². The summed E-state index contributed by atoms with van der Waals surface area (Å²) in [5.74, 6) is 0.0905. The Labute approximate surface area is 125 Å². The number of urea groups is 1. The van der Waals surface area contributed by atoms with Gasteiger partial charge in [-0.25, -0.2) is 4.79 Å². The molecule has 1 aromatic carbocycles. The number of benzene rings is 1. The standard InChI is InChI=1S/C16H23N3O2/c1-12(2)10-17-16(21)18-15(20)11-19-9-5-7-13-6-3-4-8-14(13)19/h3-4,6,8,12H,5,7,9-11H2,1-2H3,(H2,17,18,20,21). The number of rotatable bonds is 4. The van der Waals surface area contributed by atoms with Gasteiger partial charge in [0.2, 0.25) is 5.91 Å². The monoisotopic (exact) mass is 289 g/mol. The highest BCUT2D eigenvalue weighted by atomic mass is 16.2. The van der Waals surface area contributed by atoms with Crippen molar-refractivity contribution in [3.63, 3.8) is 0 Å². The van der Waals surface area contributed by atoms with E-state index in [9.17, 15) is 9.59 Å². The molecule has 5 nitrogen and oxygen atoms in total. The number of carbonyl (C=O) groups is 2. The van der Waals surface area contributed by atoms with Crippen LogP contribution in [-0.4, -0.2) is 31.6 Å². The summed E-state index contributed by atoms with van der Waals surface area (Å²) in [6.45, 7) is 5.63. The number of aryl methyl sites for hydroxylation is 1. The Hall–Kier alpha value is -2.04. The molecule has 0 bridgehead atoms. The van der Waals surface area contributed by atoms with Gasteiger partial charge in [0.15, 0.2) is 0 Å². The van der Waals surface area contributed by atoms with Crippen molar-refractivity contribution >= 4 is 17.6 Å². The number of nitrogens with one attached hydrogen (secondary N) is 2. The summed E-state index contributed by atoms with van der Waals surface area (Å²) in [4.78, 5) is 25.6. The van der Waals surface area contributed by atoms with E-state index in [0.717, 1.165) is 25.1 Å². The van der Waals surface area contributed by atoms with Crippen LogP contribution in [0.4, 0.5) is 10.5 Å². The summed E-state index contributed by atoms with van der Waals surface area (Å²) in [6.07, 6.45) is 2.08. The molecular weight excluding hydrogens is 266 g/mol. The van der Waals surface area contributed by atoms with Crippen LogP contribution >= 0.6 is 0 Å². The van der Waals surface area contributed by atoms with Crippen molar-refractivity contribution in [1.82, 2.24) is 10.6 Å². The number of hydrogen-bond donors (Lipinski definition) is 2. The van der Waals surface area contributed by atoms with Crippen molar-refractivity contribution in [2.24, 2.45) is 5.92 Å². The van der Waals surface area contributed by atoms with Gasteiger partial charge in [0.1, 0.15) is 0 Å². The number of fused-ring (bicyclic) bond motifs is 1. The molecule has 21 heavy (non-hydrogen) atoms. The van der Waals surface area contributed by atoms with Crippen LogP contribution < -0.4 is 15.5 Å². The zero-order valence-corrected chi connectivity index (χ0v) is 12.7. The third kappa shape index (κ3) is 4.48. The van der Waals surface area contributed by atoms with Crippen LogP contribution in [-0.2, 0) is 11.2 Å².